The maximum absolute atomic E-state index is 14.4. The van der Waals surface area contributed by atoms with Gasteiger partial charge in [0, 0.05) is 24.2 Å². The molecule has 0 saturated carbocycles. The molecule has 3 amide bonds. The molecule has 3 N–H and O–H groups in total. The van der Waals surface area contributed by atoms with Crippen molar-refractivity contribution in [2.75, 3.05) is 18.5 Å². The van der Waals surface area contributed by atoms with Crippen LogP contribution in [0.1, 0.15) is 43.5 Å². The number of carbonyl (C=O) groups is 3. The molecule has 0 aliphatic carbocycles. The molecule has 4 aromatic carbocycles. The van der Waals surface area contributed by atoms with Crippen molar-refractivity contribution in [2.45, 2.75) is 44.9 Å². The zero-order chi connectivity index (χ0) is 31.7. The summed E-state index contributed by atoms with van der Waals surface area (Å²) < 4.78 is 5.46. The number of hydrogen-bond donors (Lipinski definition) is 3. The Hall–Kier alpha value is -5.13. The summed E-state index contributed by atoms with van der Waals surface area (Å²) in [6.07, 6.45) is 5.17. The first kappa shape index (κ1) is 31.8. The lowest BCUT2D eigenvalue weighted by Gasteiger charge is -2.34. The first-order valence-electron chi connectivity index (χ1n) is 14.4. The van der Waals surface area contributed by atoms with Crippen molar-refractivity contribution >= 4 is 34.4 Å². The minimum absolute atomic E-state index is 0.122. The zero-order valence-electron chi connectivity index (χ0n) is 25.1. The van der Waals surface area contributed by atoms with E-state index in [2.05, 4.69) is 16.6 Å². The fraction of sp³-hybridized carbons (Fsp3) is 0.250. The number of aliphatic hydroxyl groups excluding tert-OH is 1. The monoisotopic (exact) mass is 591 g/mol. The van der Waals surface area contributed by atoms with E-state index in [0.717, 1.165) is 16.3 Å². The van der Waals surface area contributed by atoms with Gasteiger partial charge in [-0.2, -0.15) is 0 Å². The summed E-state index contributed by atoms with van der Waals surface area (Å²) in [7, 11) is 0. The molecule has 44 heavy (non-hydrogen) atoms. The number of benzene rings is 4. The average molecular weight is 592 g/mol. The van der Waals surface area contributed by atoms with Crippen LogP contribution >= 0.6 is 0 Å². The molecule has 0 aliphatic heterocycles. The van der Waals surface area contributed by atoms with Gasteiger partial charge < -0.3 is 25.4 Å². The minimum atomic E-state index is -1.23. The number of ether oxygens (including phenoxy) is 1. The van der Waals surface area contributed by atoms with Gasteiger partial charge in [0.05, 0.1) is 6.61 Å². The second-order valence-electron chi connectivity index (χ2n) is 11.3. The van der Waals surface area contributed by atoms with E-state index >= 15 is 0 Å². The van der Waals surface area contributed by atoms with E-state index in [9.17, 15) is 19.5 Å². The highest BCUT2D eigenvalue weighted by Crippen LogP contribution is 2.28. The molecule has 4 aromatic rings. The van der Waals surface area contributed by atoms with Crippen molar-refractivity contribution < 1.29 is 24.2 Å². The minimum Gasteiger partial charge on any atom is -0.444 e. The average Bonchev–Trinajstić information content (AvgIpc) is 3.00. The molecule has 8 heteroatoms. The third kappa shape index (κ3) is 8.24. The highest BCUT2D eigenvalue weighted by Gasteiger charge is 2.37. The van der Waals surface area contributed by atoms with Gasteiger partial charge in [-0.25, -0.2) is 4.79 Å². The van der Waals surface area contributed by atoms with E-state index in [1.54, 1.807) is 51.1 Å². The Morgan fingerprint density at radius 2 is 1.57 bits per heavy atom. The molecule has 0 bridgehead atoms. The standard InChI is InChI=1S/C36H37N3O5/c1-5-26-15-11-12-18-30(26)32(33(41)37-29-20-19-27-16-9-10-17-28(27)24-29)39(21-22-40)34(42)31(23-25-13-7-6-8-14-25)38-35(43)44-36(2,3)4/h1,6-20,24,31-32,40H,21-23H2,2-4H3,(H,37,41)(H,38,43). The Bertz CT molecular complexity index is 1660. The fourth-order valence-corrected chi connectivity index (χ4v) is 4.97. The Morgan fingerprint density at radius 1 is 0.909 bits per heavy atom. The van der Waals surface area contributed by atoms with Gasteiger partial charge in [-0.05, 0) is 60.9 Å². The van der Waals surface area contributed by atoms with E-state index < -0.39 is 42.2 Å². The van der Waals surface area contributed by atoms with Gasteiger partial charge in [0.1, 0.15) is 17.7 Å². The van der Waals surface area contributed by atoms with Crippen molar-refractivity contribution in [3.8, 4) is 12.3 Å². The lowest BCUT2D eigenvalue weighted by atomic mass is 9.96. The van der Waals surface area contributed by atoms with Crippen LogP contribution in [0.2, 0.25) is 0 Å². The second-order valence-corrected chi connectivity index (χ2v) is 11.3. The Labute approximate surface area is 258 Å². The Balaban J connectivity index is 1.75. The topological polar surface area (TPSA) is 108 Å². The van der Waals surface area contributed by atoms with Crippen molar-refractivity contribution in [2.24, 2.45) is 0 Å². The predicted octanol–water partition coefficient (Wildman–Crippen LogP) is 5.46. The van der Waals surface area contributed by atoms with Crippen LogP contribution < -0.4 is 10.6 Å². The number of carbonyl (C=O) groups excluding carboxylic acids is 3. The molecule has 226 valence electrons. The number of anilines is 1. The summed E-state index contributed by atoms with van der Waals surface area (Å²) in [6.45, 7) is 4.54. The lowest BCUT2D eigenvalue weighted by molar-refractivity contribution is -0.141. The van der Waals surface area contributed by atoms with E-state index in [1.165, 1.54) is 4.90 Å². The molecule has 0 aliphatic rings. The van der Waals surface area contributed by atoms with Gasteiger partial charge >= 0.3 is 6.09 Å². The number of fused-ring (bicyclic) bond motifs is 1. The maximum Gasteiger partial charge on any atom is 0.408 e. The first-order valence-corrected chi connectivity index (χ1v) is 14.4. The van der Waals surface area contributed by atoms with Crippen LogP contribution in [0.15, 0.2) is 97.1 Å². The predicted molar refractivity (Wildman–Crippen MR) is 172 cm³/mol. The summed E-state index contributed by atoms with van der Waals surface area (Å²) in [6, 6.07) is 27.0. The van der Waals surface area contributed by atoms with Crippen molar-refractivity contribution in [1.29, 1.82) is 0 Å². The number of nitrogens with zero attached hydrogens (tertiary/aromatic N) is 1. The third-order valence-corrected chi connectivity index (χ3v) is 6.88. The fourth-order valence-electron chi connectivity index (χ4n) is 4.97. The largest absolute Gasteiger partial charge is 0.444 e. The molecule has 0 heterocycles. The van der Waals surface area contributed by atoms with Crippen molar-refractivity contribution in [3.63, 3.8) is 0 Å². The van der Waals surface area contributed by atoms with Gasteiger partial charge in [-0.15, -0.1) is 6.42 Å². The smallest absolute Gasteiger partial charge is 0.408 e. The number of alkyl carbamates (subject to hydrolysis) is 1. The van der Waals surface area contributed by atoms with Crippen LogP contribution in [0, 0.1) is 12.3 Å². The van der Waals surface area contributed by atoms with Crippen LogP contribution in [-0.4, -0.2) is 52.7 Å². The van der Waals surface area contributed by atoms with Gasteiger partial charge in [-0.1, -0.05) is 84.8 Å². The number of amides is 3. The van der Waals surface area contributed by atoms with E-state index in [4.69, 9.17) is 11.2 Å². The molecule has 4 rings (SSSR count). The molecule has 2 unspecified atom stereocenters. The summed E-state index contributed by atoms with van der Waals surface area (Å²) >= 11 is 0. The molecule has 0 spiro atoms. The number of aliphatic hydroxyl groups is 1. The van der Waals surface area contributed by atoms with E-state index in [-0.39, 0.29) is 13.0 Å². The highest BCUT2D eigenvalue weighted by molar-refractivity contribution is 6.00. The highest BCUT2D eigenvalue weighted by atomic mass is 16.6. The van der Waals surface area contributed by atoms with Crippen LogP contribution in [0.5, 0.6) is 0 Å². The van der Waals surface area contributed by atoms with Crippen LogP contribution in [0.25, 0.3) is 10.8 Å². The molecule has 0 aromatic heterocycles. The molecule has 8 nitrogen and oxygen atoms in total. The van der Waals surface area contributed by atoms with Gasteiger partial charge in [0.15, 0.2) is 0 Å². The molecule has 0 radical (unpaired) electrons. The van der Waals surface area contributed by atoms with Crippen LogP contribution in [0.3, 0.4) is 0 Å². The van der Waals surface area contributed by atoms with E-state index in [0.29, 0.717) is 16.8 Å². The quantitative estimate of drug-likeness (QED) is 0.212. The van der Waals surface area contributed by atoms with Crippen molar-refractivity contribution in [1.82, 2.24) is 10.2 Å². The van der Waals surface area contributed by atoms with Gasteiger partial charge in [-0.3, -0.25) is 9.59 Å². The second kappa shape index (κ2) is 14.4. The van der Waals surface area contributed by atoms with E-state index in [1.807, 2.05) is 66.7 Å². The molecular formula is C36H37N3O5. The first-order chi connectivity index (χ1) is 21.1. The Morgan fingerprint density at radius 3 is 2.25 bits per heavy atom. The normalized spacial score (nSPS) is 12.4. The van der Waals surface area contributed by atoms with Gasteiger partial charge in [0.2, 0.25) is 5.91 Å². The summed E-state index contributed by atoms with van der Waals surface area (Å²) in [5, 5.41) is 17.7. The molecule has 0 fully saturated rings. The lowest BCUT2D eigenvalue weighted by Crippen LogP contribution is -2.54. The SMILES string of the molecule is C#Cc1ccccc1C(C(=O)Nc1ccc2ccccc2c1)N(CCO)C(=O)C(Cc1ccccc1)NC(=O)OC(C)(C)C. The summed E-state index contributed by atoms with van der Waals surface area (Å²) in [4.78, 5) is 42.7. The summed E-state index contributed by atoms with van der Waals surface area (Å²) in [5.74, 6) is 1.50. The number of hydrogen-bond acceptors (Lipinski definition) is 5. The molecular weight excluding hydrogens is 554 g/mol. The van der Waals surface area contributed by atoms with Gasteiger partial charge in [0.25, 0.3) is 5.91 Å². The molecule has 2 atom stereocenters. The number of rotatable bonds is 10. The number of terminal acetylenes is 1. The maximum atomic E-state index is 14.4. The summed E-state index contributed by atoms with van der Waals surface area (Å²) in [5.41, 5.74) is 1.34. The molecule has 0 saturated heterocycles. The third-order valence-electron chi connectivity index (χ3n) is 6.88. The Kier molecular flexibility index (Phi) is 10.4. The zero-order valence-corrected chi connectivity index (χ0v) is 25.1. The number of nitrogens with one attached hydrogen (secondary N) is 2. The van der Waals surface area contributed by atoms with Crippen LogP contribution in [-0.2, 0) is 20.7 Å². The van der Waals surface area contributed by atoms with Crippen molar-refractivity contribution in [3.05, 3.63) is 114 Å². The van der Waals surface area contributed by atoms with Crippen LogP contribution in [0.4, 0.5) is 10.5 Å².